The number of nitriles is 1. The highest BCUT2D eigenvalue weighted by Gasteiger charge is 2.13. The number of hydrogen-bond donors (Lipinski definition) is 1. The van der Waals surface area contributed by atoms with Crippen LogP contribution in [0.1, 0.15) is 17.2 Å². The third kappa shape index (κ3) is 2.03. The van der Waals surface area contributed by atoms with E-state index in [1.807, 2.05) is 30.5 Å². The van der Waals surface area contributed by atoms with Crippen molar-refractivity contribution >= 4 is 11.6 Å². The van der Waals surface area contributed by atoms with Gasteiger partial charge in [0.2, 0.25) is 0 Å². The van der Waals surface area contributed by atoms with Gasteiger partial charge in [-0.25, -0.2) is 0 Å². The zero-order valence-corrected chi connectivity index (χ0v) is 8.70. The van der Waals surface area contributed by atoms with Crippen molar-refractivity contribution in [2.24, 2.45) is 0 Å². The molecule has 1 N–H and O–H groups in total. The Balaban J connectivity index is 2.37. The second-order valence-electron chi connectivity index (χ2n) is 3.24. The summed E-state index contributed by atoms with van der Waals surface area (Å²) in [5, 5.41) is 9.80. The first-order valence-corrected chi connectivity index (χ1v) is 4.97. The van der Waals surface area contributed by atoms with Gasteiger partial charge in [-0.2, -0.15) is 5.26 Å². The van der Waals surface area contributed by atoms with E-state index < -0.39 is 0 Å². The molecule has 2 aromatic rings. The van der Waals surface area contributed by atoms with Crippen LogP contribution >= 0.6 is 11.6 Å². The minimum absolute atomic E-state index is 0.253. The van der Waals surface area contributed by atoms with Crippen molar-refractivity contribution < 1.29 is 0 Å². The standard InChI is InChI=1S/C12H9ClN2/c13-10-5-3-9(4-6-10)11(8-14)12-2-1-7-15-12/h1-7,11,15H/t11-/m1/s1. The SMILES string of the molecule is N#C[C@H](c1ccc(Cl)cc1)c1ccc[nH]1. The Morgan fingerprint density at radius 2 is 1.93 bits per heavy atom. The Labute approximate surface area is 93.1 Å². The molecule has 0 radical (unpaired) electrons. The molecule has 0 saturated carbocycles. The first-order valence-electron chi connectivity index (χ1n) is 4.59. The summed E-state index contributed by atoms with van der Waals surface area (Å²) < 4.78 is 0. The molecule has 0 aliphatic heterocycles. The average Bonchev–Trinajstić information content (AvgIpc) is 2.75. The molecular weight excluding hydrogens is 208 g/mol. The van der Waals surface area contributed by atoms with Gasteiger partial charge in [-0.05, 0) is 29.8 Å². The second kappa shape index (κ2) is 4.20. The van der Waals surface area contributed by atoms with E-state index in [0.717, 1.165) is 11.3 Å². The van der Waals surface area contributed by atoms with Gasteiger partial charge in [0.05, 0.1) is 6.07 Å². The molecule has 1 aromatic carbocycles. The van der Waals surface area contributed by atoms with Gasteiger partial charge < -0.3 is 4.98 Å². The fraction of sp³-hybridized carbons (Fsp3) is 0.0833. The number of rotatable bonds is 2. The Hall–Kier alpha value is -1.72. The number of aromatic amines is 1. The average molecular weight is 217 g/mol. The second-order valence-corrected chi connectivity index (χ2v) is 3.68. The molecule has 0 bridgehead atoms. The van der Waals surface area contributed by atoms with Gasteiger partial charge >= 0.3 is 0 Å². The summed E-state index contributed by atoms with van der Waals surface area (Å²) in [6.07, 6.45) is 1.82. The fourth-order valence-corrected chi connectivity index (χ4v) is 1.63. The normalized spacial score (nSPS) is 12.0. The Morgan fingerprint density at radius 3 is 2.47 bits per heavy atom. The van der Waals surface area contributed by atoms with Crippen molar-refractivity contribution in [2.45, 2.75) is 5.92 Å². The van der Waals surface area contributed by atoms with Crippen molar-refractivity contribution in [1.29, 1.82) is 5.26 Å². The molecule has 2 rings (SSSR count). The van der Waals surface area contributed by atoms with E-state index in [1.54, 1.807) is 12.1 Å². The topological polar surface area (TPSA) is 39.6 Å². The minimum Gasteiger partial charge on any atom is -0.364 e. The zero-order chi connectivity index (χ0) is 10.7. The molecule has 2 nitrogen and oxygen atoms in total. The maximum Gasteiger partial charge on any atom is 0.111 e. The largest absolute Gasteiger partial charge is 0.364 e. The van der Waals surface area contributed by atoms with Crippen LogP contribution in [0.15, 0.2) is 42.6 Å². The van der Waals surface area contributed by atoms with Crippen LogP contribution in [-0.4, -0.2) is 4.98 Å². The van der Waals surface area contributed by atoms with Crippen LogP contribution in [0.4, 0.5) is 0 Å². The smallest absolute Gasteiger partial charge is 0.111 e. The molecule has 1 heterocycles. The highest BCUT2D eigenvalue weighted by molar-refractivity contribution is 6.30. The first kappa shape index (κ1) is 9.82. The lowest BCUT2D eigenvalue weighted by atomic mass is 9.98. The van der Waals surface area contributed by atoms with E-state index in [0.29, 0.717) is 5.02 Å². The van der Waals surface area contributed by atoms with Crippen molar-refractivity contribution in [3.05, 3.63) is 58.9 Å². The molecule has 0 amide bonds. The van der Waals surface area contributed by atoms with E-state index in [-0.39, 0.29) is 5.92 Å². The van der Waals surface area contributed by atoms with Crippen molar-refractivity contribution in [2.75, 3.05) is 0 Å². The molecular formula is C12H9ClN2. The zero-order valence-electron chi connectivity index (χ0n) is 7.94. The lowest BCUT2D eigenvalue weighted by molar-refractivity contribution is 0.985. The summed E-state index contributed by atoms with van der Waals surface area (Å²) in [7, 11) is 0. The van der Waals surface area contributed by atoms with Gasteiger partial charge in [0.15, 0.2) is 0 Å². The predicted octanol–water partition coefficient (Wildman–Crippen LogP) is 3.32. The van der Waals surface area contributed by atoms with Crippen LogP contribution < -0.4 is 0 Å². The van der Waals surface area contributed by atoms with Crippen LogP contribution in [0.5, 0.6) is 0 Å². The molecule has 3 heteroatoms. The highest BCUT2D eigenvalue weighted by Crippen LogP contribution is 2.23. The third-order valence-electron chi connectivity index (χ3n) is 2.27. The lowest BCUT2D eigenvalue weighted by Crippen LogP contribution is -1.97. The number of nitrogens with zero attached hydrogens (tertiary/aromatic N) is 1. The summed E-state index contributed by atoms with van der Waals surface area (Å²) in [5.41, 5.74) is 1.85. The van der Waals surface area contributed by atoms with Crippen LogP contribution in [0.2, 0.25) is 5.02 Å². The lowest BCUT2D eigenvalue weighted by Gasteiger charge is -2.07. The molecule has 74 valence electrons. The number of aromatic nitrogens is 1. The molecule has 0 aliphatic carbocycles. The molecule has 1 atom stereocenters. The Morgan fingerprint density at radius 1 is 1.20 bits per heavy atom. The summed E-state index contributed by atoms with van der Waals surface area (Å²) >= 11 is 5.79. The number of hydrogen-bond acceptors (Lipinski definition) is 1. The van der Waals surface area contributed by atoms with Crippen LogP contribution in [0.25, 0.3) is 0 Å². The van der Waals surface area contributed by atoms with E-state index in [2.05, 4.69) is 11.1 Å². The molecule has 15 heavy (non-hydrogen) atoms. The maximum absolute atomic E-state index is 9.12. The van der Waals surface area contributed by atoms with Crippen molar-refractivity contribution in [1.82, 2.24) is 4.98 Å². The maximum atomic E-state index is 9.12. The van der Waals surface area contributed by atoms with E-state index in [1.165, 1.54) is 0 Å². The van der Waals surface area contributed by atoms with Gasteiger partial charge in [-0.15, -0.1) is 0 Å². The summed E-state index contributed by atoms with van der Waals surface area (Å²) in [6.45, 7) is 0. The monoisotopic (exact) mass is 216 g/mol. The van der Waals surface area contributed by atoms with Crippen LogP contribution in [0, 0.1) is 11.3 Å². The Kier molecular flexibility index (Phi) is 2.75. The molecule has 1 aromatic heterocycles. The van der Waals surface area contributed by atoms with Gasteiger partial charge in [0.1, 0.15) is 5.92 Å². The number of nitrogens with one attached hydrogen (secondary N) is 1. The molecule has 0 unspecified atom stereocenters. The van der Waals surface area contributed by atoms with E-state index in [9.17, 15) is 0 Å². The highest BCUT2D eigenvalue weighted by atomic mass is 35.5. The predicted molar refractivity (Wildman–Crippen MR) is 59.7 cm³/mol. The Bertz CT molecular complexity index is 465. The summed E-state index contributed by atoms with van der Waals surface area (Å²) in [6, 6.07) is 13.4. The number of H-pyrrole nitrogens is 1. The molecule has 0 saturated heterocycles. The van der Waals surface area contributed by atoms with Crippen LogP contribution in [-0.2, 0) is 0 Å². The van der Waals surface area contributed by atoms with Gasteiger partial charge in [-0.3, -0.25) is 0 Å². The van der Waals surface area contributed by atoms with E-state index >= 15 is 0 Å². The molecule has 0 fully saturated rings. The van der Waals surface area contributed by atoms with Crippen molar-refractivity contribution in [3.8, 4) is 6.07 Å². The summed E-state index contributed by atoms with van der Waals surface area (Å²) in [4.78, 5) is 3.05. The third-order valence-corrected chi connectivity index (χ3v) is 2.52. The summed E-state index contributed by atoms with van der Waals surface area (Å²) in [5.74, 6) is -0.253. The van der Waals surface area contributed by atoms with Gasteiger partial charge in [-0.1, -0.05) is 23.7 Å². The number of halogens is 1. The van der Waals surface area contributed by atoms with Crippen LogP contribution in [0.3, 0.4) is 0 Å². The molecule has 0 spiro atoms. The number of benzene rings is 1. The quantitative estimate of drug-likeness (QED) is 0.822. The first-order chi connectivity index (χ1) is 7.31. The van der Waals surface area contributed by atoms with Gasteiger partial charge in [0, 0.05) is 16.9 Å². The van der Waals surface area contributed by atoms with Gasteiger partial charge in [0.25, 0.3) is 0 Å². The molecule has 0 aliphatic rings. The minimum atomic E-state index is -0.253. The fourth-order valence-electron chi connectivity index (χ4n) is 1.50. The van der Waals surface area contributed by atoms with Crippen molar-refractivity contribution in [3.63, 3.8) is 0 Å². The van der Waals surface area contributed by atoms with E-state index in [4.69, 9.17) is 16.9 Å².